The van der Waals surface area contributed by atoms with E-state index in [-0.39, 0.29) is 17.0 Å². The number of alkyl halides is 3. The van der Waals surface area contributed by atoms with E-state index in [0.717, 1.165) is 11.6 Å². The Morgan fingerprint density at radius 3 is 2.33 bits per heavy atom. The van der Waals surface area contributed by atoms with Crippen LogP contribution in [0.2, 0.25) is 0 Å². The SMILES string of the molecule is Cc1ccc(NC(=O)c2ccc(C)c(C(F)(F)F)c2)cc1NC(=O)c1cc2nccnc2s1. The number of aryl methyl sites for hydroxylation is 2. The van der Waals surface area contributed by atoms with Crippen LogP contribution in [0, 0.1) is 13.8 Å². The van der Waals surface area contributed by atoms with Gasteiger partial charge >= 0.3 is 6.18 Å². The molecule has 0 bridgehead atoms. The smallest absolute Gasteiger partial charge is 0.322 e. The Morgan fingerprint density at radius 2 is 1.61 bits per heavy atom. The quantitative estimate of drug-likeness (QED) is 0.393. The summed E-state index contributed by atoms with van der Waals surface area (Å²) in [6, 6.07) is 9.90. The van der Waals surface area contributed by atoms with Crippen LogP contribution in [0.15, 0.2) is 54.9 Å². The summed E-state index contributed by atoms with van der Waals surface area (Å²) in [4.78, 5) is 34.7. The Morgan fingerprint density at radius 1 is 0.879 bits per heavy atom. The largest absolute Gasteiger partial charge is 0.416 e. The van der Waals surface area contributed by atoms with Gasteiger partial charge in [-0.05, 0) is 55.3 Å². The topological polar surface area (TPSA) is 84.0 Å². The van der Waals surface area contributed by atoms with Gasteiger partial charge in [-0.25, -0.2) is 4.98 Å². The first kappa shape index (κ1) is 22.4. The maximum absolute atomic E-state index is 13.2. The predicted octanol–water partition coefficient (Wildman–Crippen LogP) is 5.83. The molecule has 10 heteroatoms. The summed E-state index contributed by atoms with van der Waals surface area (Å²) in [5, 5.41) is 5.38. The van der Waals surface area contributed by atoms with Gasteiger partial charge in [-0.1, -0.05) is 12.1 Å². The van der Waals surface area contributed by atoms with Crippen LogP contribution in [0.4, 0.5) is 24.5 Å². The number of rotatable bonds is 4. The number of hydrogen-bond donors (Lipinski definition) is 2. The van der Waals surface area contributed by atoms with E-state index in [1.165, 1.54) is 30.4 Å². The Kier molecular flexibility index (Phi) is 5.86. The van der Waals surface area contributed by atoms with Crippen molar-refractivity contribution in [2.75, 3.05) is 10.6 Å². The van der Waals surface area contributed by atoms with E-state index < -0.39 is 17.6 Å². The molecule has 0 aliphatic rings. The summed E-state index contributed by atoms with van der Waals surface area (Å²) >= 11 is 1.20. The van der Waals surface area contributed by atoms with Crippen molar-refractivity contribution in [3.63, 3.8) is 0 Å². The third kappa shape index (κ3) is 4.85. The molecule has 0 aliphatic heterocycles. The van der Waals surface area contributed by atoms with Crippen molar-refractivity contribution in [2.24, 2.45) is 0 Å². The second-order valence-electron chi connectivity index (χ2n) is 7.32. The highest BCUT2D eigenvalue weighted by atomic mass is 32.1. The zero-order chi connectivity index (χ0) is 23.8. The van der Waals surface area contributed by atoms with E-state index in [4.69, 9.17) is 0 Å². The molecule has 0 unspecified atom stereocenters. The van der Waals surface area contributed by atoms with Crippen molar-refractivity contribution in [2.45, 2.75) is 20.0 Å². The molecule has 2 heterocycles. The van der Waals surface area contributed by atoms with Gasteiger partial charge in [0.25, 0.3) is 11.8 Å². The molecule has 0 aliphatic carbocycles. The highest BCUT2D eigenvalue weighted by molar-refractivity contribution is 7.20. The summed E-state index contributed by atoms with van der Waals surface area (Å²) in [5.74, 6) is -1.05. The lowest BCUT2D eigenvalue weighted by atomic mass is 10.0. The summed E-state index contributed by atoms with van der Waals surface area (Å²) in [6.45, 7) is 3.12. The Balaban J connectivity index is 1.53. The number of anilines is 2. The number of halogens is 3. The van der Waals surface area contributed by atoms with Crippen molar-refractivity contribution >= 4 is 44.9 Å². The number of thiophene rings is 1. The lowest BCUT2D eigenvalue weighted by molar-refractivity contribution is -0.138. The lowest BCUT2D eigenvalue weighted by Crippen LogP contribution is -2.16. The van der Waals surface area contributed by atoms with Gasteiger partial charge in [0, 0.05) is 29.3 Å². The standard InChI is InChI=1S/C23H17F3N4O2S/c1-12-3-5-14(9-16(12)23(24,25)26)20(31)29-15-6-4-13(2)17(10-15)30-21(32)19-11-18-22(33-19)28-8-7-27-18/h3-11H,1-2H3,(H,29,31)(H,30,32). The van der Waals surface area contributed by atoms with Gasteiger partial charge in [0.2, 0.25) is 0 Å². The van der Waals surface area contributed by atoms with Crippen molar-refractivity contribution in [1.82, 2.24) is 9.97 Å². The predicted molar refractivity (Wildman–Crippen MR) is 121 cm³/mol. The molecule has 0 radical (unpaired) electrons. The normalized spacial score (nSPS) is 11.4. The van der Waals surface area contributed by atoms with Gasteiger partial charge in [-0.3, -0.25) is 14.6 Å². The van der Waals surface area contributed by atoms with E-state index >= 15 is 0 Å². The number of carbonyl (C=O) groups is 2. The van der Waals surface area contributed by atoms with E-state index in [1.54, 1.807) is 43.6 Å². The lowest BCUT2D eigenvalue weighted by Gasteiger charge is -2.13. The number of amides is 2. The fourth-order valence-electron chi connectivity index (χ4n) is 3.17. The van der Waals surface area contributed by atoms with Crippen molar-refractivity contribution < 1.29 is 22.8 Å². The zero-order valence-corrected chi connectivity index (χ0v) is 18.3. The third-order valence-electron chi connectivity index (χ3n) is 4.94. The first-order valence-corrected chi connectivity index (χ1v) is 10.6. The molecular weight excluding hydrogens is 453 g/mol. The number of nitrogens with zero attached hydrogens (tertiary/aromatic N) is 2. The van der Waals surface area contributed by atoms with E-state index in [9.17, 15) is 22.8 Å². The van der Waals surface area contributed by atoms with Crippen molar-refractivity contribution in [3.05, 3.63) is 82.0 Å². The monoisotopic (exact) mass is 470 g/mol. The van der Waals surface area contributed by atoms with Gasteiger partial charge in [-0.2, -0.15) is 13.2 Å². The minimum Gasteiger partial charge on any atom is -0.322 e. The third-order valence-corrected chi connectivity index (χ3v) is 5.97. The van der Waals surface area contributed by atoms with Gasteiger partial charge in [-0.15, -0.1) is 11.3 Å². The van der Waals surface area contributed by atoms with E-state index in [0.29, 0.717) is 26.6 Å². The van der Waals surface area contributed by atoms with E-state index in [2.05, 4.69) is 20.6 Å². The molecule has 2 aromatic carbocycles. The van der Waals surface area contributed by atoms with Gasteiger partial charge in [0.05, 0.1) is 10.4 Å². The molecule has 0 atom stereocenters. The number of carbonyl (C=O) groups excluding carboxylic acids is 2. The average molecular weight is 470 g/mol. The first-order valence-electron chi connectivity index (χ1n) is 9.73. The Labute approximate surface area is 190 Å². The number of aromatic nitrogens is 2. The van der Waals surface area contributed by atoms with Crippen LogP contribution in [0.5, 0.6) is 0 Å². The number of nitrogens with one attached hydrogen (secondary N) is 2. The summed E-state index contributed by atoms with van der Waals surface area (Å²) in [5.41, 5.74) is 1.19. The summed E-state index contributed by atoms with van der Waals surface area (Å²) in [7, 11) is 0. The van der Waals surface area contributed by atoms with Crippen LogP contribution in [-0.4, -0.2) is 21.8 Å². The molecule has 4 aromatic rings. The molecule has 168 valence electrons. The molecule has 2 N–H and O–H groups in total. The molecule has 0 fully saturated rings. The average Bonchev–Trinajstić information content (AvgIpc) is 3.20. The molecule has 33 heavy (non-hydrogen) atoms. The second-order valence-corrected chi connectivity index (χ2v) is 8.35. The first-order chi connectivity index (χ1) is 15.6. The van der Waals surface area contributed by atoms with Crippen LogP contribution in [0.1, 0.15) is 36.7 Å². The molecule has 0 saturated carbocycles. The fraction of sp³-hybridized carbons (Fsp3) is 0.130. The molecule has 4 rings (SSSR count). The summed E-state index contributed by atoms with van der Waals surface area (Å²) < 4.78 is 39.5. The number of benzene rings is 2. The molecule has 6 nitrogen and oxygen atoms in total. The zero-order valence-electron chi connectivity index (χ0n) is 17.4. The molecule has 0 spiro atoms. The van der Waals surface area contributed by atoms with Gasteiger partial charge in [0.1, 0.15) is 10.3 Å². The molecule has 0 saturated heterocycles. The van der Waals surface area contributed by atoms with Crippen LogP contribution >= 0.6 is 11.3 Å². The van der Waals surface area contributed by atoms with Crippen LogP contribution in [0.25, 0.3) is 10.3 Å². The van der Waals surface area contributed by atoms with Gasteiger partial charge < -0.3 is 10.6 Å². The molecular formula is C23H17F3N4O2S. The van der Waals surface area contributed by atoms with Crippen molar-refractivity contribution in [1.29, 1.82) is 0 Å². The van der Waals surface area contributed by atoms with Crippen LogP contribution in [0.3, 0.4) is 0 Å². The maximum Gasteiger partial charge on any atom is 0.416 e. The maximum atomic E-state index is 13.2. The number of fused-ring (bicyclic) bond motifs is 1. The van der Waals surface area contributed by atoms with E-state index in [1.807, 2.05) is 0 Å². The summed E-state index contributed by atoms with van der Waals surface area (Å²) in [6.07, 6.45) is -1.47. The van der Waals surface area contributed by atoms with Gasteiger partial charge in [0.15, 0.2) is 0 Å². The Hall–Kier alpha value is -3.79. The van der Waals surface area contributed by atoms with Crippen molar-refractivity contribution in [3.8, 4) is 0 Å². The highest BCUT2D eigenvalue weighted by Gasteiger charge is 2.33. The highest BCUT2D eigenvalue weighted by Crippen LogP contribution is 2.32. The number of hydrogen-bond acceptors (Lipinski definition) is 5. The molecule has 2 aromatic heterocycles. The molecule has 2 amide bonds. The minimum absolute atomic E-state index is 0.0334. The second kappa shape index (κ2) is 8.62. The van der Waals surface area contributed by atoms with Crippen LogP contribution < -0.4 is 10.6 Å². The Bertz CT molecular complexity index is 1350. The minimum atomic E-state index is -4.56. The fourth-order valence-corrected chi connectivity index (χ4v) is 4.03. The van der Waals surface area contributed by atoms with Crippen LogP contribution in [-0.2, 0) is 6.18 Å².